The summed E-state index contributed by atoms with van der Waals surface area (Å²) in [5.74, 6) is 1.18. The zero-order valence-electron chi connectivity index (χ0n) is 12.5. The smallest absolute Gasteiger partial charge is 0.0385 e. The molecule has 2 heteroatoms. The Morgan fingerprint density at radius 3 is 2.67 bits per heavy atom. The number of nitrogens with two attached hydrogens (primary N) is 1. The van der Waals surface area contributed by atoms with Gasteiger partial charge >= 0.3 is 0 Å². The number of rotatable bonds is 1. The Morgan fingerprint density at radius 1 is 1.05 bits per heavy atom. The van der Waals surface area contributed by atoms with Crippen LogP contribution in [0.5, 0.6) is 0 Å². The molecule has 21 heavy (non-hydrogen) atoms. The number of hydrogen-bond acceptors (Lipinski definition) is 2. The van der Waals surface area contributed by atoms with Crippen LogP contribution < -0.4 is 5.73 Å². The molecule has 2 N–H and O–H groups in total. The summed E-state index contributed by atoms with van der Waals surface area (Å²) in [6, 6.07) is 18.0. The van der Waals surface area contributed by atoms with E-state index < -0.39 is 0 Å². The van der Waals surface area contributed by atoms with Crippen LogP contribution in [-0.2, 0) is 0 Å². The molecule has 2 aliphatic rings. The van der Waals surface area contributed by atoms with Crippen molar-refractivity contribution >= 4 is 5.69 Å². The lowest BCUT2D eigenvalue weighted by molar-refractivity contribution is 0.127. The fraction of sp³-hybridized carbons (Fsp3) is 0.368. The molecule has 3 unspecified atom stereocenters. The molecule has 0 radical (unpaired) electrons. The highest BCUT2D eigenvalue weighted by Gasteiger charge is 2.44. The first-order chi connectivity index (χ1) is 10.3. The molecule has 3 atom stereocenters. The molecule has 0 saturated carbocycles. The van der Waals surface area contributed by atoms with Crippen LogP contribution in [0, 0.1) is 5.92 Å². The lowest BCUT2D eigenvalue weighted by Crippen LogP contribution is -2.34. The predicted molar refractivity (Wildman–Crippen MR) is 87.2 cm³/mol. The third kappa shape index (κ3) is 1.97. The van der Waals surface area contributed by atoms with Crippen LogP contribution in [0.25, 0.3) is 0 Å². The minimum absolute atomic E-state index is 0.498. The van der Waals surface area contributed by atoms with E-state index in [-0.39, 0.29) is 0 Å². The predicted octanol–water partition coefficient (Wildman–Crippen LogP) is 3.80. The number of fused-ring (bicyclic) bond motifs is 3. The fourth-order valence-corrected chi connectivity index (χ4v) is 4.49. The maximum atomic E-state index is 6.03. The largest absolute Gasteiger partial charge is 0.399 e. The van der Waals surface area contributed by atoms with E-state index >= 15 is 0 Å². The molecule has 1 fully saturated rings. The molecule has 0 spiro atoms. The van der Waals surface area contributed by atoms with E-state index in [2.05, 4.69) is 54.4 Å². The van der Waals surface area contributed by atoms with Gasteiger partial charge in [-0.25, -0.2) is 0 Å². The minimum atomic E-state index is 0.498. The average Bonchev–Trinajstić information content (AvgIpc) is 2.83. The van der Waals surface area contributed by atoms with Gasteiger partial charge in [0, 0.05) is 17.6 Å². The zero-order valence-corrected chi connectivity index (χ0v) is 12.5. The van der Waals surface area contributed by atoms with E-state index in [0.29, 0.717) is 17.9 Å². The van der Waals surface area contributed by atoms with Gasteiger partial charge in [-0.15, -0.1) is 0 Å². The maximum Gasteiger partial charge on any atom is 0.0385 e. The van der Waals surface area contributed by atoms with Crippen molar-refractivity contribution in [1.82, 2.24) is 4.90 Å². The first-order valence-electron chi connectivity index (χ1n) is 7.90. The van der Waals surface area contributed by atoms with Crippen LogP contribution in [0.2, 0.25) is 0 Å². The van der Waals surface area contributed by atoms with Gasteiger partial charge < -0.3 is 5.73 Å². The van der Waals surface area contributed by atoms with Gasteiger partial charge in [0.15, 0.2) is 0 Å². The van der Waals surface area contributed by atoms with Crippen LogP contribution in [0.1, 0.15) is 41.5 Å². The third-order valence-corrected chi connectivity index (χ3v) is 5.28. The SMILES string of the molecule is CN1CCCC2C(c3cccc(N)c3)c3ccccc3C21. The number of nitrogen functional groups attached to an aromatic ring is 1. The van der Waals surface area contributed by atoms with Crippen molar-refractivity contribution in [3.05, 3.63) is 65.2 Å². The molecule has 2 nitrogen and oxygen atoms in total. The van der Waals surface area contributed by atoms with Crippen molar-refractivity contribution in [3.8, 4) is 0 Å². The van der Waals surface area contributed by atoms with Crippen LogP contribution in [0.3, 0.4) is 0 Å². The maximum absolute atomic E-state index is 6.03. The molecule has 1 aliphatic carbocycles. The van der Waals surface area contributed by atoms with Gasteiger partial charge in [-0.1, -0.05) is 36.4 Å². The van der Waals surface area contributed by atoms with Crippen LogP contribution in [0.4, 0.5) is 5.69 Å². The van der Waals surface area contributed by atoms with E-state index in [9.17, 15) is 0 Å². The van der Waals surface area contributed by atoms with Crippen molar-refractivity contribution in [1.29, 1.82) is 0 Å². The Balaban J connectivity index is 1.86. The van der Waals surface area contributed by atoms with Crippen molar-refractivity contribution in [2.45, 2.75) is 24.8 Å². The number of nitrogens with zero attached hydrogens (tertiary/aromatic N) is 1. The highest BCUT2D eigenvalue weighted by atomic mass is 15.1. The molecule has 0 amide bonds. The van der Waals surface area contributed by atoms with Crippen molar-refractivity contribution in [2.75, 3.05) is 19.3 Å². The van der Waals surface area contributed by atoms with Gasteiger partial charge in [0.1, 0.15) is 0 Å². The lowest BCUT2D eigenvalue weighted by Gasteiger charge is -2.37. The second kappa shape index (κ2) is 4.88. The van der Waals surface area contributed by atoms with Gasteiger partial charge in [0.2, 0.25) is 0 Å². The second-order valence-corrected chi connectivity index (χ2v) is 6.51. The molecule has 1 heterocycles. The van der Waals surface area contributed by atoms with E-state index in [1.54, 1.807) is 0 Å². The molecule has 2 aromatic carbocycles. The molecular formula is C19H22N2. The fourth-order valence-electron chi connectivity index (χ4n) is 4.49. The quantitative estimate of drug-likeness (QED) is 0.804. The summed E-state index contributed by atoms with van der Waals surface area (Å²) in [7, 11) is 2.27. The monoisotopic (exact) mass is 278 g/mol. The van der Waals surface area contributed by atoms with Crippen LogP contribution in [0.15, 0.2) is 48.5 Å². The van der Waals surface area contributed by atoms with E-state index in [0.717, 1.165) is 5.69 Å². The highest BCUT2D eigenvalue weighted by molar-refractivity contribution is 5.50. The van der Waals surface area contributed by atoms with Crippen LogP contribution >= 0.6 is 0 Å². The summed E-state index contributed by atoms with van der Waals surface area (Å²) >= 11 is 0. The Bertz CT molecular complexity index is 664. The topological polar surface area (TPSA) is 29.3 Å². The summed E-state index contributed by atoms with van der Waals surface area (Å²) in [6.45, 7) is 1.21. The Kier molecular flexibility index (Phi) is 3.00. The summed E-state index contributed by atoms with van der Waals surface area (Å²) in [6.07, 6.45) is 2.60. The molecule has 1 saturated heterocycles. The third-order valence-electron chi connectivity index (χ3n) is 5.28. The van der Waals surface area contributed by atoms with Crippen molar-refractivity contribution in [2.24, 2.45) is 5.92 Å². The summed E-state index contributed by atoms with van der Waals surface area (Å²) in [5, 5.41) is 0. The number of anilines is 1. The first kappa shape index (κ1) is 12.9. The summed E-state index contributed by atoms with van der Waals surface area (Å²) < 4.78 is 0. The van der Waals surface area contributed by atoms with Crippen molar-refractivity contribution < 1.29 is 0 Å². The Labute approximate surface area is 126 Å². The molecule has 0 bridgehead atoms. The average molecular weight is 278 g/mol. The van der Waals surface area contributed by atoms with Crippen molar-refractivity contribution in [3.63, 3.8) is 0 Å². The molecule has 1 aliphatic heterocycles. The summed E-state index contributed by atoms with van der Waals surface area (Å²) in [5.41, 5.74) is 11.3. The molecule has 4 rings (SSSR count). The van der Waals surface area contributed by atoms with E-state index in [4.69, 9.17) is 5.73 Å². The number of benzene rings is 2. The molecule has 2 aromatic rings. The summed E-state index contributed by atoms with van der Waals surface area (Å²) in [4.78, 5) is 2.54. The van der Waals surface area contributed by atoms with Gasteiger partial charge in [-0.2, -0.15) is 0 Å². The Morgan fingerprint density at radius 2 is 1.86 bits per heavy atom. The van der Waals surface area contributed by atoms with Gasteiger partial charge in [0.05, 0.1) is 0 Å². The van der Waals surface area contributed by atoms with Gasteiger partial charge in [-0.3, -0.25) is 4.90 Å². The highest BCUT2D eigenvalue weighted by Crippen LogP contribution is 2.54. The van der Waals surface area contributed by atoms with E-state index in [1.807, 2.05) is 6.07 Å². The van der Waals surface area contributed by atoms with Crippen LogP contribution in [-0.4, -0.2) is 18.5 Å². The Hall–Kier alpha value is -1.80. The molecule has 108 valence electrons. The minimum Gasteiger partial charge on any atom is -0.399 e. The first-order valence-corrected chi connectivity index (χ1v) is 7.90. The standard InChI is InChI=1S/C19H22N2/c1-21-11-5-10-17-18(13-6-4-7-14(20)12-13)15-8-2-3-9-16(15)19(17)21/h2-4,6-9,12,17-19H,5,10-11,20H2,1H3. The molecule has 0 aromatic heterocycles. The second-order valence-electron chi connectivity index (χ2n) is 6.51. The van der Waals surface area contributed by atoms with E-state index in [1.165, 1.54) is 36.1 Å². The normalized spacial score (nSPS) is 28.1. The number of likely N-dealkylation sites (tertiary alicyclic amines) is 1. The number of piperidine rings is 1. The van der Waals surface area contributed by atoms with Gasteiger partial charge in [0.25, 0.3) is 0 Å². The molecular weight excluding hydrogens is 256 g/mol. The zero-order chi connectivity index (χ0) is 14.4. The number of hydrogen-bond donors (Lipinski definition) is 1. The lowest BCUT2D eigenvalue weighted by atomic mass is 9.80. The van der Waals surface area contributed by atoms with Gasteiger partial charge in [-0.05, 0) is 61.2 Å².